The van der Waals surface area contributed by atoms with Crippen LogP contribution in [0.5, 0.6) is 5.75 Å². The van der Waals surface area contributed by atoms with Crippen LogP contribution in [-0.2, 0) is 6.42 Å². The van der Waals surface area contributed by atoms with Gasteiger partial charge in [0.05, 0.1) is 0 Å². The van der Waals surface area contributed by atoms with Crippen molar-refractivity contribution >= 4 is 31.9 Å². The Hall–Kier alpha value is -0.870. The van der Waals surface area contributed by atoms with Crippen molar-refractivity contribution in [3.8, 4) is 5.75 Å². The Bertz CT molecular complexity index is 500. The first-order chi connectivity index (χ1) is 7.66. The van der Waals surface area contributed by atoms with Gasteiger partial charge in [-0.05, 0) is 49.1 Å². The zero-order valence-corrected chi connectivity index (χ0v) is 11.5. The molecule has 0 saturated heterocycles. The highest BCUT2D eigenvalue weighted by atomic mass is 79.9. The molecule has 1 aromatic heterocycles. The van der Waals surface area contributed by atoms with E-state index in [-0.39, 0.29) is 5.75 Å². The van der Waals surface area contributed by atoms with E-state index in [1.54, 1.807) is 6.07 Å². The molecular weight excluding hydrogens is 334 g/mol. The summed E-state index contributed by atoms with van der Waals surface area (Å²) < 4.78 is 1.21. The molecule has 2 aromatic rings. The Labute approximate surface area is 111 Å². The highest BCUT2D eigenvalue weighted by Crippen LogP contribution is 2.28. The van der Waals surface area contributed by atoms with Gasteiger partial charge in [-0.3, -0.25) is 0 Å². The first kappa shape index (κ1) is 11.6. The van der Waals surface area contributed by atoms with Gasteiger partial charge in [-0.2, -0.15) is 0 Å². The molecule has 1 N–H and O–H groups in total. The van der Waals surface area contributed by atoms with Crippen molar-refractivity contribution in [2.24, 2.45) is 0 Å². The number of nitrogens with zero attached hydrogens (tertiary/aromatic N) is 1. The first-order valence-electron chi connectivity index (χ1n) is 4.74. The Kier molecular flexibility index (Phi) is 3.61. The molecule has 0 atom stereocenters. The zero-order valence-electron chi connectivity index (χ0n) is 8.32. The van der Waals surface area contributed by atoms with E-state index >= 15 is 0 Å². The maximum atomic E-state index is 9.57. The number of pyridine rings is 1. The van der Waals surface area contributed by atoms with Crippen LogP contribution in [-0.4, -0.2) is 10.1 Å². The van der Waals surface area contributed by atoms with Crippen LogP contribution in [0, 0.1) is 0 Å². The molecule has 0 radical (unpaired) electrons. The average molecular weight is 343 g/mol. The molecule has 0 bridgehead atoms. The van der Waals surface area contributed by atoms with Crippen LogP contribution < -0.4 is 0 Å². The van der Waals surface area contributed by atoms with Crippen molar-refractivity contribution in [1.29, 1.82) is 0 Å². The summed E-state index contributed by atoms with van der Waals surface area (Å²) in [5.41, 5.74) is 2.15. The van der Waals surface area contributed by atoms with Gasteiger partial charge in [-0.1, -0.05) is 30.3 Å². The molecule has 82 valence electrons. The number of halogens is 2. The van der Waals surface area contributed by atoms with Crippen LogP contribution in [0.1, 0.15) is 11.1 Å². The molecule has 1 aromatic carbocycles. The summed E-state index contributed by atoms with van der Waals surface area (Å²) in [4.78, 5) is 4.15. The van der Waals surface area contributed by atoms with E-state index in [0.717, 1.165) is 16.6 Å². The normalized spacial score (nSPS) is 10.4. The summed E-state index contributed by atoms with van der Waals surface area (Å²) in [5.74, 6) is 0.161. The quantitative estimate of drug-likeness (QED) is 0.839. The Balaban J connectivity index is 2.32. The van der Waals surface area contributed by atoms with E-state index in [1.165, 1.54) is 5.56 Å². The highest BCUT2D eigenvalue weighted by molar-refractivity contribution is 9.11. The number of aromatic hydroxyl groups is 1. The summed E-state index contributed by atoms with van der Waals surface area (Å²) in [6.07, 6.45) is 0.745. The lowest BCUT2D eigenvalue weighted by Crippen LogP contribution is -1.92. The van der Waals surface area contributed by atoms with Crippen molar-refractivity contribution in [2.45, 2.75) is 6.42 Å². The lowest BCUT2D eigenvalue weighted by atomic mass is 10.1. The molecule has 0 aliphatic carbocycles. The second-order valence-electron chi connectivity index (χ2n) is 3.41. The summed E-state index contributed by atoms with van der Waals surface area (Å²) >= 11 is 6.56. The van der Waals surface area contributed by atoms with Crippen LogP contribution in [0.15, 0.2) is 45.6 Å². The third-order valence-electron chi connectivity index (χ3n) is 2.22. The fourth-order valence-corrected chi connectivity index (χ4v) is 2.40. The van der Waals surface area contributed by atoms with Gasteiger partial charge in [0.2, 0.25) is 0 Å². The van der Waals surface area contributed by atoms with E-state index in [4.69, 9.17) is 0 Å². The molecule has 16 heavy (non-hydrogen) atoms. The Morgan fingerprint density at radius 1 is 1.06 bits per heavy atom. The average Bonchev–Trinajstić information content (AvgIpc) is 2.27. The van der Waals surface area contributed by atoms with E-state index in [1.807, 2.05) is 30.3 Å². The number of hydrogen-bond donors (Lipinski definition) is 1. The van der Waals surface area contributed by atoms with Gasteiger partial charge in [-0.25, -0.2) is 4.98 Å². The van der Waals surface area contributed by atoms with Gasteiger partial charge < -0.3 is 5.11 Å². The van der Waals surface area contributed by atoms with E-state index < -0.39 is 0 Å². The summed E-state index contributed by atoms with van der Waals surface area (Å²) in [6, 6.07) is 11.8. The van der Waals surface area contributed by atoms with Gasteiger partial charge in [0, 0.05) is 6.42 Å². The lowest BCUT2D eigenvalue weighted by Gasteiger charge is -2.06. The molecule has 0 aliphatic rings. The second-order valence-corrected chi connectivity index (χ2v) is 4.91. The van der Waals surface area contributed by atoms with Gasteiger partial charge in [0.15, 0.2) is 0 Å². The van der Waals surface area contributed by atoms with E-state index in [2.05, 4.69) is 36.8 Å². The minimum atomic E-state index is 0.161. The monoisotopic (exact) mass is 341 g/mol. The molecule has 1 heterocycles. The minimum Gasteiger partial charge on any atom is -0.505 e. The van der Waals surface area contributed by atoms with Crippen molar-refractivity contribution in [2.75, 3.05) is 0 Å². The number of aromatic nitrogens is 1. The predicted molar refractivity (Wildman–Crippen MR) is 70.5 cm³/mol. The third kappa shape index (κ3) is 2.62. The summed E-state index contributed by atoms with van der Waals surface area (Å²) in [7, 11) is 0. The predicted octanol–water partition coefficient (Wildman–Crippen LogP) is 3.90. The SMILES string of the molecule is Oc1cc(Cc2ccccc2)c(Br)nc1Br. The van der Waals surface area contributed by atoms with Gasteiger partial charge in [0.1, 0.15) is 15.0 Å². The highest BCUT2D eigenvalue weighted by Gasteiger charge is 2.07. The summed E-state index contributed by atoms with van der Waals surface area (Å²) in [5, 5.41) is 9.57. The van der Waals surface area contributed by atoms with Crippen LogP contribution >= 0.6 is 31.9 Å². The van der Waals surface area contributed by atoms with Gasteiger partial charge in [-0.15, -0.1) is 0 Å². The van der Waals surface area contributed by atoms with Gasteiger partial charge >= 0.3 is 0 Å². The van der Waals surface area contributed by atoms with Crippen LogP contribution in [0.25, 0.3) is 0 Å². The first-order valence-corrected chi connectivity index (χ1v) is 6.33. The third-order valence-corrected chi connectivity index (χ3v) is 3.49. The second kappa shape index (κ2) is 4.97. The van der Waals surface area contributed by atoms with E-state index in [0.29, 0.717) is 4.60 Å². The molecule has 0 amide bonds. The molecule has 2 nitrogen and oxygen atoms in total. The molecule has 0 spiro atoms. The maximum absolute atomic E-state index is 9.57. The van der Waals surface area contributed by atoms with Gasteiger partial charge in [0.25, 0.3) is 0 Å². The minimum absolute atomic E-state index is 0.161. The van der Waals surface area contributed by atoms with Crippen molar-refractivity contribution < 1.29 is 5.11 Å². The van der Waals surface area contributed by atoms with E-state index in [9.17, 15) is 5.11 Å². The van der Waals surface area contributed by atoms with Crippen molar-refractivity contribution in [1.82, 2.24) is 4.98 Å². The van der Waals surface area contributed by atoms with Crippen molar-refractivity contribution in [3.05, 3.63) is 56.7 Å². The molecule has 0 unspecified atom stereocenters. The molecular formula is C12H9Br2NO. The Morgan fingerprint density at radius 2 is 1.75 bits per heavy atom. The molecule has 0 aliphatic heterocycles. The smallest absolute Gasteiger partial charge is 0.149 e. The molecule has 2 rings (SSSR count). The fourth-order valence-electron chi connectivity index (χ4n) is 1.44. The largest absolute Gasteiger partial charge is 0.505 e. The fraction of sp³-hybridized carbons (Fsp3) is 0.0833. The zero-order chi connectivity index (χ0) is 11.5. The van der Waals surface area contributed by atoms with Crippen LogP contribution in [0.4, 0.5) is 0 Å². The Morgan fingerprint density at radius 3 is 2.44 bits per heavy atom. The molecule has 0 saturated carbocycles. The standard InChI is InChI=1S/C12H9Br2NO/c13-11-9(7-10(16)12(14)15-11)6-8-4-2-1-3-5-8/h1-5,7,16H,6H2. The van der Waals surface area contributed by atoms with Crippen LogP contribution in [0.3, 0.4) is 0 Å². The van der Waals surface area contributed by atoms with Crippen LogP contribution in [0.2, 0.25) is 0 Å². The maximum Gasteiger partial charge on any atom is 0.149 e. The number of rotatable bonds is 2. The molecule has 0 fully saturated rings. The lowest BCUT2D eigenvalue weighted by molar-refractivity contribution is 0.467. The summed E-state index contributed by atoms with van der Waals surface area (Å²) in [6.45, 7) is 0. The molecule has 4 heteroatoms. The topological polar surface area (TPSA) is 33.1 Å². The van der Waals surface area contributed by atoms with Crippen molar-refractivity contribution in [3.63, 3.8) is 0 Å². The number of benzene rings is 1. The number of hydrogen-bond acceptors (Lipinski definition) is 2.